The van der Waals surface area contributed by atoms with Gasteiger partial charge < -0.3 is 5.32 Å². The number of benzene rings is 1. The molecule has 6 nitrogen and oxygen atoms in total. The second kappa shape index (κ2) is 7.51. The van der Waals surface area contributed by atoms with Gasteiger partial charge in [-0.2, -0.15) is 5.10 Å². The van der Waals surface area contributed by atoms with E-state index in [-0.39, 0.29) is 18.4 Å². The van der Waals surface area contributed by atoms with Crippen LogP contribution in [0.1, 0.15) is 31.7 Å². The molecule has 0 saturated carbocycles. The molecule has 1 aliphatic heterocycles. The zero-order valence-corrected chi connectivity index (χ0v) is 14.8. The van der Waals surface area contributed by atoms with Gasteiger partial charge in [-0.05, 0) is 13.3 Å². The molecule has 3 rings (SSSR count). The Hall–Kier alpha value is -2.63. The van der Waals surface area contributed by atoms with Crippen LogP contribution in [0.3, 0.4) is 0 Å². The SMILES string of the molecule is CCCCNC(=O)CN1C(=O)CCn2nc(-c3ccc(C)cc3)cc21. The minimum atomic E-state index is -0.131. The van der Waals surface area contributed by atoms with Crippen molar-refractivity contribution in [1.82, 2.24) is 15.1 Å². The number of rotatable bonds is 6. The average molecular weight is 340 g/mol. The summed E-state index contributed by atoms with van der Waals surface area (Å²) >= 11 is 0. The van der Waals surface area contributed by atoms with Gasteiger partial charge in [-0.3, -0.25) is 14.5 Å². The van der Waals surface area contributed by atoms with Crippen molar-refractivity contribution >= 4 is 17.6 Å². The topological polar surface area (TPSA) is 67.2 Å². The molecule has 0 aliphatic carbocycles. The summed E-state index contributed by atoms with van der Waals surface area (Å²) in [5.74, 6) is 0.527. The molecule has 132 valence electrons. The Morgan fingerprint density at radius 2 is 2.04 bits per heavy atom. The molecular weight excluding hydrogens is 316 g/mol. The van der Waals surface area contributed by atoms with Crippen LogP contribution in [0.5, 0.6) is 0 Å². The van der Waals surface area contributed by atoms with Crippen LogP contribution >= 0.6 is 0 Å². The van der Waals surface area contributed by atoms with Gasteiger partial charge in [0.25, 0.3) is 0 Å². The highest BCUT2D eigenvalue weighted by Gasteiger charge is 2.28. The highest BCUT2D eigenvalue weighted by molar-refractivity contribution is 5.99. The Morgan fingerprint density at radius 3 is 2.76 bits per heavy atom. The predicted molar refractivity (Wildman–Crippen MR) is 97.3 cm³/mol. The molecule has 0 radical (unpaired) electrons. The smallest absolute Gasteiger partial charge is 0.240 e. The maximum Gasteiger partial charge on any atom is 0.240 e. The molecule has 0 spiro atoms. The lowest BCUT2D eigenvalue weighted by atomic mass is 10.1. The first-order valence-corrected chi connectivity index (χ1v) is 8.80. The molecule has 6 heteroatoms. The number of amides is 2. The molecule has 2 aromatic rings. The monoisotopic (exact) mass is 340 g/mol. The largest absolute Gasteiger partial charge is 0.355 e. The number of nitrogens with one attached hydrogen (secondary N) is 1. The van der Waals surface area contributed by atoms with Gasteiger partial charge >= 0.3 is 0 Å². The number of hydrogen-bond acceptors (Lipinski definition) is 3. The van der Waals surface area contributed by atoms with Crippen LogP contribution in [-0.2, 0) is 16.1 Å². The molecule has 1 N–H and O–H groups in total. The van der Waals surface area contributed by atoms with E-state index in [0.717, 1.165) is 24.1 Å². The summed E-state index contributed by atoms with van der Waals surface area (Å²) in [4.78, 5) is 26.0. The lowest BCUT2D eigenvalue weighted by Gasteiger charge is -2.26. The summed E-state index contributed by atoms with van der Waals surface area (Å²) in [7, 11) is 0. The van der Waals surface area contributed by atoms with E-state index in [4.69, 9.17) is 0 Å². The number of anilines is 1. The standard InChI is InChI=1S/C19H24N4O2/c1-3-4-10-20-17(24)13-22-18-12-16(15-7-5-14(2)6-8-15)21-23(18)11-9-19(22)25/h5-8,12H,3-4,9-11,13H2,1-2H3,(H,20,24). The molecule has 0 fully saturated rings. The number of aryl methyl sites for hydroxylation is 2. The lowest BCUT2D eigenvalue weighted by Crippen LogP contribution is -2.44. The van der Waals surface area contributed by atoms with Crippen molar-refractivity contribution in [1.29, 1.82) is 0 Å². The minimum absolute atomic E-state index is 0.0338. The molecule has 1 aromatic carbocycles. The van der Waals surface area contributed by atoms with Crippen LogP contribution in [0, 0.1) is 6.92 Å². The van der Waals surface area contributed by atoms with Crippen molar-refractivity contribution in [2.24, 2.45) is 0 Å². The number of fused-ring (bicyclic) bond motifs is 1. The Balaban J connectivity index is 1.79. The molecule has 1 aromatic heterocycles. The van der Waals surface area contributed by atoms with Gasteiger partial charge in [-0.1, -0.05) is 43.2 Å². The van der Waals surface area contributed by atoms with Gasteiger partial charge in [0.15, 0.2) is 0 Å². The molecule has 25 heavy (non-hydrogen) atoms. The van der Waals surface area contributed by atoms with E-state index < -0.39 is 0 Å². The van der Waals surface area contributed by atoms with E-state index in [0.29, 0.717) is 25.3 Å². The third kappa shape index (κ3) is 3.90. The zero-order chi connectivity index (χ0) is 17.8. The van der Waals surface area contributed by atoms with E-state index in [1.54, 1.807) is 0 Å². The van der Waals surface area contributed by atoms with E-state index >= 15 is 0 Å². The van der Waals surface area contributed by atoms with Gasteiger partial charge in [0.05, 0.1) is 12.2 Å². The molecule has 2 amide bonds. The Morgan fingerprint density at radius 1 is 1.28 bits per heavy atom. The van der Waals surface area contributed by atoms with E-state index in [2.05, 4.69) is 17.3 Å². The van der Waals surface area contributed by atoms with Crippen molar-refractivity contribution in [3.63, 3.8) is 0 Å². The van der Waals surface area contributed by atoms with Gasteiger partial charge in [-0.15, -0.1) is 0 Å². The van der Waals surface area contributed by atoms with E-state index in [1.165, 1.54) is 10.5 Å². The third-order valence-electron chi connectivity index (χ3n) is 4.38. The number of carbonyl (C=O) groups is 2. The summed E-state index contributed by atoms with van der Waals surface area (Å²) < 4.78 is 1.82. The van der Waals surface area contributed by atoms with Crippen LogP contribution in [0.25, 0.3) is 11.3 Å². The number of nitrogens with zero attached hydrogens (tertiary/aromatic N) is 3. The fourth-order valence-electron chi connectivity index (χ4n) is 2.89. The second-order valence-electron chi connectivity index (χ2n) is 6.41. The normalized spacial score (nSPS) is 13.7. The quantitative estimate of drug-likeness (QED) is 0.822. The zero-order valence-electron chi connectivity index (χ0n) is 14.8. The molecule has 0 bridgehead atoms. The van der Waals surface area contributed by atoms with Gasteiger partial charge in [0, 0.05) is 24.6 Å². The van der Waals surface area contributed by atoms with Crippen LogP contribution in [0.2, 0.25) is 0 Å². The second-order valence-corrected chi connectivity index (χ2v) is 6.41. The van der Waals surface area contributed by atoms with E-state index in [9.17, 15) is 9.59 Å². The first kappa shape index (κ1) is 17.2. The molecule has 0 atom stereocenters. The first-order chi connectivity index (χ1) is 12.1. The molecule has 1 aliphatic rings. The summed E-state index contributed by atoms with van der Waals surface area (Å²) in [5.41, 5.74) is 3.02. The minimum Gasteiger partial charge on any atom is -0.355 e. The fourth-order valence-corrected chi connectivity index (χ4v) is 2.89. The molecule has 0 unspecified atom stereocenters. The molecule has 2 heterocycles. The van der Waals surface area contributed by atoms with Crippen LogP contribution < -0.4 is 10.2 Å². The number of carbonyl (C=O) groups excluding carboxylic acids is 2. The lowest BCUT2D eigenvalue weighted by molar-refractivity contribution is -0.124. The van der Waals surface area contributed by atoms with Gasteiger partial charge in [0.1, 0.15) is 12.4 Å². The van der Waals surface area contributed by atoms with Crippen molar-refractivity contribution in [2.75, 3.05) is 18.0 Å². The maximum absolute atomic E-state index is 12.3. The number of hydrogen-bond donors (Lipinski definition) is 1. The van der Waals surface area contributed by atoms with E-state index in [1.807, 2.05) is 41.9 Å². The maximum atomic E-state index is 12.3. The Bertz CT molecular complexity index is 764. The van der Waals surface area contributed by atoms with Crippen LogP contribution in [0.15, 0.2) is 30.3 Å². The number of aromatic nitrogens is 2. The van der Waals surface area contributed by atoms with Crippen LogP contribution in [0.4, 0.5) is 5.82 Å². The van der Waals surface area contributed by atoms with Crippen LogP contribution in [-0.4, -0.2) is 34.7 Å². The molecule has 0 saturated heterocycles. The van der Waals surface area contributed by atoms with Gasteiger partial charge in [0.2, 0.25) is 11.8 Å². The van der Waals surface area contributed by atoms with Crippen molar-refractivity contribution < 1.29 is 9.59 Å². The highest BCUT2D eigenvalue weighted by Crippen LogP contribution is 2.28. The average Bonchev–Trinajstić information content (AvgIpc) is 3.03. The Kier molecular flexibility index (Phi) is 5.16. The Labute approximate surface area is 147 Å². The number of unbranched alkanes of at least 4 members (excludes halogenated alkanes) is 1. The summed E-state index contributed by atoms with van der Waals surface area (Å²) in [6.45, 7) is 5.35. The predicted octanol–water partition coefficient (Wildman–Crippen LogP) is 2.51. The summed E-state index contributed by atoms with van der Waals surface area (Å²) in [5, 5.41) is 7.47. The molecular formula is C19H24N4O2. The van der Waals surface area contributed by atoms with Crippen molar-refractivity contribution in [2.45, 2.75) is 39.7 Å². The fraction of sp³-hybridized carbons (Fsp3) is 0.421. The first-order valence-electron chi connectivity index (χ1n) is 8.80. The van der Waals surface area contributed by atoms with Gasteiger partial charge in [-0.25, -0.2) is 4.68 Å². The summed E-state index contributed by atoms with van der Waals surface area (Å²) in [6, 6.07) is 10.0. The van der Waals surface area contributed by atoms with Crippen molar-refractivity contribution in [3.8, 4) is 11.3 Å². The summed E-state index contributed by atoms with van der Waals surface area (Å²) in [6.07, 6.45) is 2.33. The third-order valence-corrected chi connectivity index (χ3v) is 4.38. The highest BCUT2D eigenvalue weighted by atomic mass is 16.2. The van der Waals surface area contributed by atoms with Crippen molar-refractivity contribution in [3.05, 3.63) is 35.9 Å².